The molecule has 0 bridgehead atoms. The van der Waals surface area contributed by atoms with Crippen LogP contribution in [0.4, 0.5) is 0 Å². The lowest BCUT2D eigenvalue weighted by atomic mass is 9.96. The molecule has 1 atom stereocenters. The fourth-order valence-electron chi connectivity index (χ4n) is 4.92. The van der Waals surface area contributed by atoms with Gasteiger partial charge in [-0.1, -0.05) is 12.8 Å². The van der Waals surface area contributed by atoms with Crippen molar-refractivity contribution in [3.63, 3.8) is 0 Å². The smallest absolute Gasteiger partial charge is 0.339 e. The van der Waals surface area contributed by atoms with Gasteiger partial charge in [0.1, 0.15) is 5.69 Å². The Morgan fingerprint density at radius 3 is 2.47 bits per heavy atom. The van der Waals surface area contributed by atoms with Gasteiger partial charge in [-0.3, -0.25) is 9.59 Å². The van der Waals surface area contributed by atoms with E-state index in [0.29, 0.717) is 42.1 Å². The molecule has 2 amide bonds. The van der Waals surface area contributed by atoms with E-state index in [-0.39, 0.29) is 17.7 Å². The highest BCUT2D eigenvalue weighted by Crippen LogP contribution is 2.23. The Kier molecular flexibility index (Phi) is 8.73. The molecule has 0 aromatic carbocycles. The van der Waals surface area contributed by atoms with E-state index in [1.807, 2.05) is 0 Å². The maximum absolute atomic E-state index is 13.1. The molecule has 0 aliphatic carbocycles. The summed E-state index contributed by atoms with van der Waals surface area (Å²) in [7, 11) is 1.33. The van der Waals surface area contributed by atoms with E-state index >= 15 is 0 Å². The van der Waals surface area contributed by atoms with E-state index in [9.17, 15) is 14.4 Å². The highest BCUT2D eigenvalue weighted by atomic mass is 16.5. The largest absolute Gasteiger partial charge is 0.465 e. The number of methoxy groups -OCH3 is 1. The van der Waals surface area contributed by atoms with Crippen LogP contribution in [-0.4, -0.2) is 78.9 Å². The molecule has 0 unspecified atom stereocenters. The lowest BCUT2D eigenvalue weighted by Gasteiger charge is -2.32. The first kappa shape index (κ1) is 24.3. The second kappa shape index (κ2) is 11.5. The van der Waals surface area contributed by atoms with Gasteiger partial charge >= 0.3 is 5.97 Å². The lowest BCUT2D eigenvalue weighted by Crippen LogP contribution is -2.46. The first-order valence-electron chi connectivity index (χ1n) is 12.0. The van der Waals surface area contributed by atoms with Crippen molar-refractivity contribution in [1.29, 1.82) is 0 Å². The molecule has 178 valence electrons. The standard InChI is InChI=1S/C24H38N4O4/c1-17-20(24(31)32-3)18(2)26-21(17)23(30)28-15-8-10-19(16-28)22(29)25-11-9-14-27-12-6-4-5-7-13-27/h19,26H,4-16H2,1-3H3,(H,25,29)/t19-/m1/s1. The number of carbonyl (C=O) groups is 3. The summed E-state index contributed by atoms with van der Waals surface area (Å²) in [6.45, 7) is 8.58. The number of hydrogen-bond acceptors (Lipinski definition) is 5. The third kappa shape index (κ3) is 5.91. The molecule has 32 heavy (non-hydrogen) atoms. The van der Waals surface area contributed by atoms with Gasteiger partial charge < -0.3 is 24.8 Å². The van der Waals surface area contributed by atoms with E-state index in [0.717, 1.165) is 25.8 Å². The molecule has 2 aliphatic rings. The van der Waals surface area contributed by atoms with Gasteiger partial charge in [0, 0.05) is 25.3 Å². The molecular formula is C24H38N4O4. The third-order valence-corrected chi connectivity index (χ3v) is 6.77. The summed E-state index contributed by atoms with van der Waals surface area (Å²) in [5.41, 5.74) is 2.03. The summed E-state index contributed by atoms with van der Waals surface area (Å²) in [4.78, 5) is 45.2. The number of piperidine rings is 1. The lowest BCUT2D eigenvalue weighted by molar-refractivity contribution is -0.126. The van der Waals surface area contributed by atoms with Crippen molar-refractivity contribution in [2.45, 2.75) is 58.8 Å². The fraction of sp³-hybridized carbons (Fsp3) is 0.708. The highest BCUT2D eigenvalue weighted by molar-refractivity contribution is 6.00. The van der Waals surface area contributed by atoms with Crippen molar-refractivity contribution >= 4 is 17.8 Å². The number of hydrogen-bond donors (Lipinski definition) is 2. The van der Waals surface area contributed by atoms with Crippen LogP contribution in [0.3, 0.4) is 0 Å². The average molecular weight is 447 g/mol. The molecule has 3 heterocycles. The quantitative estimate of drug-likeness (QED) is 0.496. The van der Waals surface area contributed by atoms with Crippen molar-refractivity contribution in [3.8, 4) is 0 Å². The van der Waals surface area contributed by atoms with E-state index in [4.69, 9.17) is 4.74 Å². The molecule has 3 rings (SSSR count). The van der Waals surface area contributed by atoms with Crippen LogP contribution in [0.15, 0.2) is 0 Å². The second-order valence-electron chi connectivity index (χ2n) is 9.11. The second-order valence-corrected chi connectivity index (χ2v) is 9.11. The molecule has 0 radical (unpaired) electrons. The Hall–Kier alpha value is -2.35. The molecule has 8 nitrogen and oxygen atoms in total. The number of esters is 1. The minimum atomic E-state index is -0.452. The maximum Gasteiger partial charge on any atom is 0.339 e. The zero-order valence-electron chi connectivity index (χ0n) is 19.8. The number of ether oxygens (including phenoxy) is 1. The van der Waals surface area contributed by atoms with Crippen LogP contribution >= 0.6 is 0 Å². The number of aromatic amines is 1. The van der Waals surface area contributed by atoms with E-state index < -0.39 is 5.97 Å². The van der Waals surface area contributed by atoms with Crippen molar-refractivity contribution in [2.24, 2.45) is 5.92 Å². The summed E-state index contributed by atoms with van der Waals surface area (Å²) < 4.78 is 4.84. The van der Waals surface area contributed by atoms with Crippen molar-refractivity contribution < 1.29 is 19.1 Å². The van der Waals surface area contributed by atoms with Crippen LogP contribution in [0.5, 0.6) is 0 Å². The zero-order valence-corrected chi connectivity index (χ0v) is 19.8. The number of nitrogens with one attached hydrogen (secondary N) is 2. The molecule has 0 saturated carbocycles. The monoisotopic (exact) mass is 446 g/mol. The predicted octanol–water partition coefficient (Wildman–Crippen LogP) is 2.65. The van der Waals surface area contributed by atoms with Crippen LogP contribution < -0.4 is 5.32 Å². The van der Waals surface area contributed by atoms with E-state index in [1.165, 1.54) is 45.9 Å². The van der Waals surface area contributed by atoms with Crippen molar-refractivity contribution in [3.05, 3.63) is 22.5 Å². The molecule has 2 aliphatic heterocycles. The fourth-order valence-corrected chi connectivity index (χ4v) is 4.92. The average Bonchev–Trinajstić information content (AvgIpc) is 2.96. The van der Waals surface area contributed by atoms with E-state index in [2.05, 4.69) is 15.2 Å². The van der Waals surface area contributed by atoms with Crippen LogP contribution in [0.25, 0.3) is 0 Å². The Morgan fingerprint density at radius 2 is 1.78 bits per heavy atom. The van der Waals surface area contributed by atoms with Crippen LogP contribution in [0, 0.1) is 19.8 Å². The summed E-state index contributed by atoms with van der Waals surface area (Å²) in [5.74, 6) is -0.777. The van der Waals surface area contributed by atoms with Crippen LogP contribution in [0.2, 0.25) is 0 Å². The Balaban J connectivity index is 1.50. The van der Waals surface area contributed by atoms with Gasteiger partial charge in [-0.2, -0.15) is 0 Å². The summed E-state index contributed by atoms with van der Waals surface area (Å²) in [6, 6.07) is 0. The molecule has 1 aromatic rings. The molecule has 8 heteroatoms. The van der Waals surface area contributed by atoms with Gasteiger partial charge in [-0.25, -0.2) is 4.79 Å². The number of likely N-dealkylation sites (tertiary alicyclic amines) is 2. The van der Waals surface area contributed by atoms with Crippen molar-refractivity contribution in [2.75, 3.05) is 46.4 Å². The number of rotatable bonds is 7. The third-order valence-electron chi connectivity index (χ3n) is 6.77. The van der Waals surface area contributed by atoms with Gasteiger partial charge in [0.15, 0.2) is 0 Å². The number of carbonyl (C=O) groups excluding carboxylic acids is 3. The molecule has 2 N–H and O–H groups in total. The molecule has 2 fully saturated rings. The SMILES string of the molecule is COC(=O)c1c(C)[nH]c(C(=O)N2CCC[C@@H](C(=O)NCCCN3CCCCCC3)C2)c1C. The molecule has 0 spiro atoms. The van der Waals surface area contributed by atoms with Gasteiger partial charge in [0.2, 0.25) is 5.91 Å². The number of amides is 2. The maximum atomic E-state index is 13.1. The van der Waals surface area contributed by atoms with Crippen LogP contribution in [0.1, 0.15) is 77.0 Å². The molecular weight excluding hydrogens is 408 g/mol. The van der Waals surface area contributed by atoms with E-state index in [1.54, 1.807) is 18.7 Å². The Labute approximate surface area is 191 Å². The summed E-state index contributed by atoms with van der Waals surface area (Å²) >= 11 is 0. The van der Waals surface area contributed by atoms with Gasteiger partial charge in [0.05, 0.1) is 18.6 Å². The first-order valence-corrected chi connectivity index (χ1v) is 12.0. The summed E-state index contributed by atoms with van der Waals surface area (Å²) in [6.07, 6.45) is 7.75. The van der Waals surface area contributed by atoms with Gasteiger partial charge in [-0.15, -0.1) is 0 Å². The summed E-state index contributed by atoms with van der Waals surface area (Å²) in [5, 5.41) is 3.08. The first-order chi connectivity index (χ1) is 15.4. The number of H-pyrrole nitrogens is 1. The number of aromatic nitrogens is 1. The van der Waals surface area contributed by atoms with Gasteiger partial charge in [0.25, 0.3) is 5.91 Å². The van der Waals surface area contributed by atoms with Crippen molar-refractivity contribution in [1.82, 2.24) is 20.1 Å². The normalized spacial score (nSPS) is 20.0. The minimum absolute atomic E-state index is 0.0352. The Morgan fingerprint density at radius 1 is 1.06 bits per heavy atom. The molecule has 2 saturated heterocycles. The number of aryl methyl sites for hydroxylation is 1. The zero-order chi connectivity index (χ0) is 23.1. The predicted molar refractivity (Wildman–Crippen MR) is 123 cm³/mol. The van der Waals surface area contributed by atoms with Gasteiger partial charge in [-0.05, 0) is 71.1 Å². The minimum Gasteiger partial charge on any atom is -0.465 e. The number of nitrogens with zero attached hydrogens (tertiary/aromatic N) is 2. The molecule has 1 aromatic heterocycles. The van der Waals surface area contributed by atoms with Crippen LogP contribution in [-0.2, 0) is 9.53 Å². The highest BCUT2D eigenvalue weighted by Gasteiger charge is 2.31. The topological polar surface area (TPSA) is 94.7 Å². The Bertz CT molecular complexity index is 811.